The van der Waals surface area contributed by atoms with E-state index in [4.69, 9.17) is 9.47 Å². The summed E-state index contributed by atoms with van der Waals surface area (Å²) in [5.41, 5.74) is 1.78. The molecule has 0 aliphatic heterocycles. The summed E-state index contributed by atoms with van der Waals surface area (Å²) in [5.74, 6) is -1.94. The highest BCUT2D eigenvalue weighted by atomic mass is 16.5. The summed E-state index contributed by atoms with van der Waals surface area (Å²) in [6, 6.07) is 8.27. The number of Topliss-reactive ketones (excluding diaryl/α,β-unsaturated/α-hetero) is 1. The van der Waals surface area contributed by atoms with E-state index in [1.807, 2.05) is 0 Å². The molecule has 1 heterocycles. The van der Waals surface area contributed by atoms with Gasteiger partial charge in [0.15, 0.2) is 12.7 Å². The molecule has 2 aromatic rings. The van der Waals surface area contributed by atoms with Crippen LogP contribution in [0.4, 0.5) is 0 Å². The Morgan fingerprint density at radius 3 is 2.38 bits per heavy atom. The number of aliphatic hydroxyl groups excluding tert-OH is 1. The van der Waals surface area contributed by atoms with Gasteiger partial charge in [0.1, 0.15) is 0 Å². The second-order valence-corrected chi connectivity index (χ2v) is 5.69. The molecule has 26 heavy (non-hydrogen) atoms. The van der Waals surface area contributed by atoms with Crippen molar-refractivity contribution in [2.75, 3.05) is 13.2 Å². The van der Waals surface area contributed by atoms with Crippen LogP contribution in [0.25, 0.3) is 0 Å². The zero-order valence-electron chi connectivity index (χ0n) is 14.9. The van der Waals surface area contributed by atoms with E-state index in [9.17, 15) is 19.5 Å². The van der Waals surface area contributed by atoms with Gasteiger partial charge in [0.25, 0.3) is 0 Å². The van der Waals surface area contributed by atoms with Crippen molar-refractivity contribution in [1.82, 2.24) is 4.98 Å². The maximum Gasteiger partial charge on any atom is 0.340 e. The standard InChI is InChI=1S/C19H21NO6/c1-4-25-18(23)15-11(2)16(20-12(15)3)14(21)10-26-19(24)17(22)13-8-6-5-7-9-13/h5-9,17,20,22H,4,10H2,1-3H3/t17-/m1/s1. The van der Waals surface area contributed by atoms with Gasteiger partial charge in [-0.2, -0.15) is 0 Å². The lowest BCUT2D eigenvalue weighted by molar-refractivity contribution is -0.152. The molecule has 1 atom stereocenters. The highest BCUT2D eigenvalue weighted by Crippen LogP contribution is 2.20. The number of aliphatic hydroxyl groups is 1. The first-order valence-electron chi connectivity index (χ1n) is 8.15. The summed E-state index contributed by atoms with van der Waals surface area (Å²) in [6.07, 6.45) is -1.47. The Bertz CT molecular complexity index is 809. The first kappa shape index (κ1) is 19.4. The minimum absolute atomic E-state index is 0.174. The number of aromatic nitrogens is 1. The number of aromatic amines is 1. The largest absolute Gasteiger partial charge is 0.462 e. The number of hydrogen-bond donors (Lipinski definition) is 2. The third-order valence-electron chi connectivity index (χ3n) is 3.88. The molecule has 7 heteroatoms. The number of hydrogen-bond acceptors (Lipinski definition) is 6. The van der Waals surface area contributed by atoms with Gasteiger partial charge >= 0.3 is 11.9 Å². The normalized spacial score (nSPS) is 11.7. The summed E-state index contributed by atoms with van der Waals surface area (Å²) in [6.45, 7) is 4.64. The number of carbonyl (C=O) groups excluding carboxylic acids is 3. The number of ether oxygens (including phenoxy) is 2. The van der Waals surface area contributed by atoms with Crippen molar-refractivity contribution in [2.45, 2.75) is 26.9 Å². The Kier molecular flexibility index (Phi) is 6.30. The van der Waals surface area contributed by atoms with E-state index < -0.39 is 30.4 Å². The van der Waals surface area contributed by atoms with Crippen LogP contribution in [-0.2, 0) is 14.3 Å². The van der Waals surface area contributed by atoms with Crippen molar-refractivity contribution < 1.29 is 29.0 Å². The van der Waals surface area contributed by atoms with E-state index in [-0.39, 0.29) is 12.3 Å². The smallest absolute Gasteiger partial charge is 0.340 e. The van der Waals surface area contributed by atoms with Crippen molar-refractivity contribution in [3.05, 3.63) is 58.4 Å². The van der Waals surface area contributed by atoms with Gasteiger partial charge in [-0.25, -0.2) is 9.59 Å². The molecule has 1 aromatic heterocycles. The van der Waals surface area contributed by atoms with E-state index in [1.165, 1.54) is 0 Å². The Hall–Kier alpha value is -2.93. The summed E-state index contributed by atoms with van der Waals surface area (Å²) >= 11 is 0. The lowest BCUT2D eigenvalue weighted by Crippen LogP contribution is -2.20. The first-order chi connectivity index (χ1) is 12.4. The van der Waals surface area contributed by atoms with Crippen LogP contribution in [0.15, 0.2) is 30.3 Å². The SMILES string of the molecule is CCOC(=O)c1c(C)[nH]c(C(=O)COC(=O)[C@H](O)c2ccccc2)c1C. The van der Waals surface area contributed by atoms with Crippen LogP contribution in [0.5, 0.6) is 0 Å². The summed E-state index contributed by atoms with van der Waals surface area (Å²) in [7, 11) is 0. The predicted molar refractivity (Wildman–Crippen MR) is 92.9 cm³/mol. The number of carbonyl (C=O) groups is 3. The van der Waals surface area contributed by atoms with E-state index in [0.29, 0.717) is 22.4 Å². The number of rotatable bonds is 7. The molecule has 0 saturated heterocycles. The molecule has 0 unspecified atom stereocenters. The molecule has 0 aliphatic carbocycles. The predicted octanol–water partition coefficient (Wildman–Crippen LogP) is 2.27. The third kappa shape index (κ3) is 4.18. The Morgan fingerprint density at radius 1 is 1.12 bits per heavy atom. The monoisotopic (exact) mass is 359 g/mol. The quantitative estimate of drug-likeness (QED) is 0.580. The zero-order chi connectivity index (χ0) is 19.3. The van der Waals surface area contributed by atoms with Crippen molar-refractivity contribution in [2.24, 2.45) is 0 Å². The summed E-state index contributed by atoms with van der Waals surface area (Å²) < 4.78 is 9.88. The molecular formula is C19H21NO6. The fraction of sp³-hybridized carbons (Fsp3) is 0.316. The van der Waals surface area contributed by atoms with E-state index in [1.54, 1.807) is 51.1 Å². The van der Waals surface area contributed by atoms with Crippen LogP contribution >= 0.6 is 0 Å². The van der Waals surface area contributed by atoms with Crippen molar-refractivity contribution in [3.63, 3.8) is 0 Å². The number of ketones is 1. The van der Waals surface area contributed by atoms with Gasteiger partial charge in [0.2, 0.25) is 5.78 Å². The maximum atomic E-state index is 12.3. The molecular weight excluding hydrogens is 338 g/mol. The van der Waals surface area contributed by atoms with Gasteiger partial charge in [-0.15, -0.1) is 0 Å². The molecule has 2 rings (SSSR count). The van der Waals surface area contributed by atoms with Gasteiger partial charge in [-0.1, -0.05) is 30.3 Å². The van der Waals surface area contributed by atoms with Gasteiger partial charge in [0.05, 0.1) is 17.9 Å². The second kappa shape index (κ2) is 8.44. The Balaban J connectivity index is 2.05. The molecule has 0 fully saturated rings. The highest BCUT2D eigenvalue weighted by Gasteiger charge is 2.25. The van der Waals surface area contributed by atoms with E-state index >= 15 is 0 Å². The van der Waals surface area contributed by atoms with Crippen LogP contribution in [0, 0.1) is 13.8 Å². The van der Waals surface area contributed by atoms with Gasteiger partial charge in [-0.3, -0.25) is 4.79 Å². The first-order valence-corrected chi connectivity index (χ1v) is 8.15. The number of nitrogens with one attached hydrogen (secondary N) is 1. The van der Waals surface area contributed by atoms with Crippen molar-refractivity contribution in [1.29, 1.82) is 0 Å². The van der Waals surface area contributed by atoms with Crippen LogP contribution in [0.1, 0.15) is 50.7 Å². The Labute approximate surface area is 150 Å². The Morgan fingerprint density at radius 2 is 1.77 bits per heavy atom. The molecule has 0 saturated carbocycles. The van der Waals surface area contributed by atoms with E-state index in [2.05, 4.69) is 4.98 Å². The van der Waals surface area contributed by atoms with Crippen molar-refractivity contribution >= 4 is 17.7 Å². The third-order valence-corrected chi connectivity index (χ3v) is 3.88. The van der Waals surface area contributed by atoms with Crippen LogP contribution in [0.2, 0.25) is 0 Å². The topological polar surface area (TPSA) is 106 Å². The van der Waals surface area contributed by atoms with Gasteiger partial charge in [0, 0.05) is 5.69 Å². The minimum atomic E-state index is -1.47. The van der Waals surface area contributed by atoms with Gasteiger partial charge < -0.3 is 19.6 Å². The lowest BCUT2D eigenvalue weighted by Gasteiger charge is -2.10. The number of aryl methyl sites for hydroxylation is 1. The van der Waals surface area contributed by atoms with Crippen molar-refractivity contribution in [3.8, 4) is 0 Å². The molecule has 138 valence electrons. The molecule has 0 radical (unpaired) electrons. The molecule has 0 spiro atoms. The summed E-state index contributed by atoms with van der Waals surface area (Å²) in [4.78, 5) is 39.0. The lowest BCUT2D eigenvalue weighted by atomic mass is 10.1. The number of benzene rings is 1. The number of H-pyrrole nitrogens is 1. The average molecular weight is 359 g/mol. The minimum Gasteiger partial charge on any atom is -0.462 e. The molecule has 7 nitrogen and oxygen atoms in total. The maximum absolute atomic E-state index is 12.3. The zero-order valence-corrected chi connectivity index (χ0v) is 14.9. The van der Waals surface area contributed by atoms with E-state index in [0.717, 1.165) is 0 Å². The molecule has 0 bridgehead atoms. The summed E-state index contributed by atoms with van der Waals surface area (Å²) in [5, 5.41) is 9.95. The van der Waals surface area contributed by atoms with Crippen LogP contribution in [-0.4, -0.2) is 41.0 Å². The highest BCUT2D eigenvalue weighted by molar-refractivity contribution is 6.02. The van der Waals surface area contributed by atoms with Gasteiger partial charge in [-0.05, 0) is 31.9 Å². The second-order valence-electron chi connectivity index (χ2n) is 5.69. The molecule has 2 N–H and O–H groups in total. The fourth-order valence-corrected chi connectivity index (χ4v) is 2.60. The molecule has 0 amide bonds. The number of esters is 2. The molecule has 1 aromatic carbocycles. The van der Waals surface area contributed by atoms with Crippen LogP contribution < -0.4 is 0 Å². The average Bonchev–Trinajstić information content (AvgIpc) is 2.94. The molecule has 0 aliphatic rings. The van der Waals surface area contributed by atoms with Crippen LogP contribution in [0.3, 0.4) is 0 Å². The fourth-order valence-electron chi connectivity index (χ4n) is 2.60.